The Morgan fingerprint density at radius 1 is 0.821 bits per heavy atom. The molecule has 2 aromatic rings. The number of hydrogen-bond acceptors (Lipinski definition) is 6. The molecule has 0 saturated heterocycles. The highest BCUT2D eigenvalue weighted by atomic mass is 79.9. The monoisotopic (exact) mass is 450 g/mol. The van der Waals surface area contributed by atoms with Crippen molar-refractivity contribution in [2.75, 3.05) is 19.8 Å². The van der Waals surface area contributed by atoms with E-state index in [9.17, 15) is 14.4 Å². The first kappa shape index (κ1) is 21.2. The maximum Gasteiger partial charge on any atom is 0.338 e. The molecule has 0 atom stereocenters. The van der Waals surface area contributed by atoms with Crippen LogP contribution < -0.4 is 20.3 Å². The Labute approximate surface area is 170 Å². The summed E-state index contributed by atoms with van der Waals surface area (Å²) in [7, 11) is 0. The van der Waals surface area contributed by atoms with Crippen LogP contribution in [0.5, 0.6) is 11.5 Å². The first-order valence-electron chi connectivity index (χ1n) is 8.34. The molecule has 0 unspecified atom stereocenters. The summed E-state index contributed by atoms with van der Waals surface area (Å²) in [5.74, 6) is -0.575. The lowest BCUT2D eigenvalue weighted by Crippen LogP contribution is -2.45. The van der Waals surface area contributed by atoms with Gasteiger partial charge in [0.1, 0.15) is 11.5 Å². The van der Waals surface area contributed by atoms with Crippen molar-refractivity contribution in [2.45, 2.75) is 6.92 Å². The molecule has 0 saturated carbocycles. The Morgan fingerprint density at radius 2 is 1.29 bits per heavy atom. The van der Waals surface area contributed by atoms with Crippen LogP contribution in [-0.2, 0) is 14.3 Å². The van der Waals surface area contributed by atoms with E-state index in [-0.39, 0.29) is 19.8 Å². The molecule has 0 spiro atoms. The Morgan fingerprint density at radius 3 is 1.75 bits per heavy atom. The molecule has 0 radical (unpaired) electrons. The van der Waals surface area contributed by atoms with E-state index in [1.54, 1.807) is 43.3 Å². The number of hydrogen-bond donors (Lipinski definition) is 2. The van der Waals surface area contributed by atoms with E-state index in [1.807, 2.05) is 0 Å². The van der Waals surface area contributed by atoms with E-state index in [4.69, 9.17) is 14.2 Å². The van der Waals surface area contributed by atoms with Gasteiger partial charge in [-0.2, -0.15) is 0 Å². The third-order valence-electron chi connectivity index (χ3n) is 3.26. The van der Waals surface area contributed by atoms with Gasteiger partial charge in [-0.05, 0) is 55.5 Å². The first-order chi connectivity index (χ1) is 13.5. The zero-order valence-corrected chi connectivity index (χ0v) is 16.7. The van der Waals surface area contributed by atoms with Gasteiger partial charge in [-0.15, -0.1) is 0 Å². The molecule has 0 aliphatic rings. The minimum Gasteiger partial charge on any atom is -0.484 e. The second-order valence-electron chi connectivity index (χ2n) is 5.37. The van der Waals surface area contributed by atoms with Crippen molar-refractivity contribution in [1.82, 2.24) is 10.9 Å². The second-order valence-corrected chi connectivity index (χ2v) is 6.29. The summed E-state index contributed by atoms with van der Waals surface area (Å²) in [5, 5.41) is 0. The van der Waals surface area contributed by atoms with Crippen molar-refractivity contribution in [3.8, 4) is 11.5 Å². The summed E-state index contributed by atoms with van der Waals surface area (Å²) in [4.78, 5) is 34.9. The summed E-state index contributed by atoms with van der Waals surface area (Å²) in [6.45, 7) is 1.45. The molecule has 0 aromatic heterocycles. The van der Waals surface area contributed by atoms with E-state index < -0.39 is 17.8 Å². The quantitative estimate of drug-likeness (QED) is 0.472. The molecule has 2 aromatic carbocycles. The molecule has 0 bridgehead atoms. The number of rotatable bonds is 8. The molecule has 9 heteroatoms. The van der Waals surface area contributed by atoms with Gasteiger partial charge >= 0.3 is 5.97 Å². The van der Waals surface area contributed by atoms with Crippen LogP contribution >= 0.6 is 15.9 Å². The number of nitrogens with one attached hydrogen (secondary N) is 2. The van der Waals surface area contributed by atoms with E-state index in [2.05, 4.69) is 26.8 Å². The number of benzene rings is 2. The first-order valence-corrected chi connectivity index (χ1v) is 9.13. The van der Waals surface area contributed by atoms with Gasteiger partial charge < -0.3 is 14.2 Å². The van der Waals surface area contributed by atoms with Crippen molar-refractivity contribution in [2.24, 2.45) is 0 Å². The van der Waals surface area contributed by atoms with Crippen LogP contribution in [-0.4, -0.2) is 37.6 Å². The van der Waals surface area contributed by atoms with Gasteiger partial charge in [0, 0.05) is 4.47 Å². The fourth-order valence-electron chi connectivity index (χ4n) is 1.94. The number of carbonyl (C=O) groups is 3. The molecule has 28 heavy (non-hydrogen) atoms. The number of carbonyl (C=O) groups excluding carboxylic acids is 3. The highest BCUT2D eigenvalue weighted by Gasteiger charge is 2.08. The van der Waals surface area contributed by atoms with Gasteiger partial charge in [0.25, 0.3) is 11.8 Å². The van der Waals surface area contributed by atoms with E-state index >= 15 is 0 Å². The number of halogens is 1. The number of amides is 2. The third kappa shape index (κ3) is 7.28. The summed E-state index contributed by atoms with van der Waals surface area (Å²) < 4.78 is 16.3. The smallest absolute Gasteiger partial charge is 0.338 e. The van der Waals surface area contributed by atoms with Crippen LogP contribution in [0.2, 0.25) is 0 Å². The normalized spacial score (nSPS) is 9.93. The summed E-state index contributed by atoms with van der Waals surface area (Å²) in [6, 6.07) is 13.1. The molecule has 2 N–H and O–H groups in total. The Hall–Kier alpha value is -3.07. The van der Waals surface area contributed by atoms with Crippen LogP contribution in [0.15, 0.2) is 53.0 Å². The lowest BCUT2D eigenvalue weighted by atomic mass is 10.2. The molecule has 2 rings (SSSR count). The number of ether oxygens (including phenoxy) is 3. The summed E-state index contributed by atoms with van der Waals surface area (Å²) in [5.41, 5.74) is 4.83. The highest BCUT2D eigenvalue weighted by Crippen LogP contribution is 2.16. The zero-order chi connectivity index (χ0) is 20.4. The molecule has 0 fully saturated rings. The summed E-state index contributed by atoms with van der Waals surface area (Å²) in [6.07, 6.45) is 0. The molecular weight excluding hydrogens is 432 g/mol. The van der Waals surface area contributed by atoms with Gasteiger partial charge in [0.05, 0.1) is 12.2 Å². The average Bonchev–Trinajstić information content (AvgIpc) is 2.71. The van der Waals surface area contributed by atoms with Gasteiger partial charge in [-0.25, -0.2) is 4.79 Å². The van der Waals surface area contributed by atoms with Crippen molar-refractivity contribution >= 4 is 33.7 Å². The average molecular weight is 451 g/mol. The van der Waals surface area contributed by atoms with Gasteiger partial charge in [0.2, 0.25) is 0 Å². The Bertz CT molecular complexity index is 808. The number of hydrazine groups is 1. The summed E-state index contributed by atoms with van der Waals surface area (Å²) >= 11 is 3.30. The van der Waals surface area contributed by atoms with Gasteiger partial charge in [0.15, 0.2) is 13.2 Å². The predicted octanol–water partition coefficient (Wildman–Crippen LogP) is 2.23. The van der Waals surface area contributed by atoms with Gasteiger partial charge in [-0.1, -0.05) is 15.9 Å². The molecule has 2 amide bonds. The highest BCUT2D eigenvalue weighted by molar-refractivity contribution is 9.10. The zero-order valence-electron chi connectivity index (χ0n) is 15.1. The fourth-order valence-corrected chi connectivity index (χ4v) is 2.21. The third-order valence-corrected chi connectivity index (χ3v) is 3.79. The minimum atomic E-state index is -0.550. The largest absolute Gasteiger partial charge is 0.484 e. The molecular formula is C19H19BrN2O6. The van der Waals surface area contributed by atoms with Crippen LogP contribution in [0.4, 0.5) is 0 Å². The molecule has 0 aliphatic carbocycles. The fraction of sp³-hybridized carbons (Fsp3) is 0.211. The van der Waals surface area contributed by atoms with Crippen LogP contribution in [0.25, 0.3) is 0 Å². The van der Waals surface area contributed by atoms with Crippen LogP contribution in [0.1, 0.15) is 17.3 Å². The van der Waals surface area contributed by atoms with Crippen molar-refractivity contribution in [3.05, 3.63) is 58.6 Å². The standard InChI is InChI=1S/C19H19BrN2O6/c1-2-26-19(25)13-3-7-15(8-4-13)27-11-17(23)21-22-18(24)12-28-16-9-5-14(20)6-10-16/h3-10H,2,11-12H2,1H3,(H,21,23)(H,22,24). The van der Waals surface area contributed by atoms with Crippen LogP contribution in [0.3, 0.4) is 0 Å². The van der Waals surface area contributed by atoms with E-state index in [0.29, 0.717) is 17.1 Å². The Kier molecular flexibility index (Phi) is 8.29. The predicted molar refractivity (Wildman–Crippen MR) is 104 cm³/mol. The number of esters is 1. The topological polar surface area (TPSA) is 103 Å². The van der Waals surface area contributed by atoms with Crippen molar-refractivity contribution < 1.29 is 28.6 Å². The van der Waals surface area contributed by atoms with Gasteiger partial charge in [-0.3, -0.25) is 20.4 Å². The molecule has 0 aliphatic heterocycles. The van der Waals surface area contributed by atoms with E-state index in [1.165, 1.54) is 12.1 Å². The lowest BCUT2D eigenvalue weighted by molar-refractivity contribution is -0.131. The second kappa shape index (κ2) is 10.9. The SMILES string of the molecule is CCOC(=O)c1ccc(OCC(=O)NNC(=O)COc2ccc(Br)cc2)cc1. The maximum atomic E-state index is 11.7. The van der Waals surface area contributed by atoms with Crippen LogP contribution in [0, 0.1) is 0 Å². The Balaban J connectivity index is 1.67. The minimum absolute atomic E-state index is 0.252. The van der Waals surface area contributed by atoms with Crippen molar-refractivity contribution in [3.63, 3.8) is 0 Å². The van der Waals surface area contributed by atoms with Crippen molar-refractivity contribution in [1.29, 1.82) is 0 Å². The molecule has 8 nitrogen and oxygen atoms in total. The maximum absolute atomic E-state index is 11.7. The molecule has 148 valence electrons. The molecule has 0 heterocycles. The van der Waals surface area contributed by atoms with E-state index in [0.717, 1.165) is 4.47 Å². The lowest BCUT2D eigenvalue weighted by Gasteiger charge is -2.10.